The molecule has 19 heavy (non-hydrogen) atoms. The molecule has 6 heteroatoms. The van der Waals surface area contributed by atoms with E-state index in [1.807, 2.05) is 13.2 Å². The van der Waals surface area contributed by atoms with Gasteiger partial charge in [-0.1, -0.05) is 30.1 Å². The van der Waals surface area contributed by atoms with Crippen molar-refractivity contribution in [3.05, 3.63) is 33.8 Å². The quantitative estimate of drug-likeness (QED) is 0.845. The number of amides is 1. The maximum Gasteiger partial charge on any atom is 0.222 e. The van der Waals surface area contributed by atoms with Gasteiger partial charge in [0.15, 0.2) is 0 Å². The van der Waals surface area contributed by atoms with Crippen LogP contribution in [0, 0.1) is 0 Å². The van der Waals surface area contributed by atoms with E-state index in [-0.39, 0.29) is 12.3 Å². The fourth-order valence-electron chi connectivity index (χ4n) is 1.47. The zero-order valence-corrected chi connectivity index (χ0v) is 13.1. The average molecular weight is 322 g/mol. The van der Waals surface area contributed by atoms with Crippen LogP contribution in [0.15, 0.2) is 18.2 Å². The van der Waals surface area contributed by atoms with Crippen molar-refractivity contribution in [1.29, 1.82) is 0 Å². The summed E-state index contributed by atoms with van der Waals surface area (Å²) in [5, 5.41) is 14.0. The zero-order chi connectivity index (χ0) is 14.4. The molecule has 2 N–H and O–H groups in total. The number of nitrogens with one attached hydrogen (secondary N) is 1. The third kappa shape index (κ3) is 6.04. The van der Waals surface area contributed by atoms with Gasteiger partial charge in [-0.15, -0.1) is 0 Å². The number of thioether (sulfide) groups is 1. The number of aliphatic hydroxyl groups excluding tert-OH is 1. The van der Waals surface area contributed by atoms with Crippen molar-refractivity contribution in [2.45, 2.75) is 24.7 Å². The van der Waals surface area contributed by atoms with Gasteiger partial charge < -0.3 is 10.4 Å². The summed E-state index contributed by atoms with van der Waals surface area (Å²) in [6, 6.07) is 4.80. The number of hydrogen-bond donors (Lipinski definition) is 2. The summed E-state index contributed by atoms with van der Waals surface area (Å²) in [5.74, 6) is -0.190. The van der Waals surface area contributed by atoms with Crippen LogP contribution in [0.2, 0.25) is 10.0 Å². The van der Waals surface area contributed by atoms with Gasteiger partial charge in [0.05, 0.1) is 12.5 Å². The summed E-state index contributed by atoms with van der Waals surface area (Å²) in [6.45, 7) is 2.61. The molecule has 106 valence electrons. The first-order valence-electron chi connectivity index (χ1n) is 5.86. The molecule has 1 aromatic carbocycles. The van der Waals surface area contributed by atoms with Crippen LogP contribution in [0.5, 0.6) is 0 Å². The molecular weight excluding hydrogens is 305 g/mol. The highest BCUT2D eigenvalue weighted by Gasteiger charge is 2.14. The molecule has 1 aromatic rings. The minimum Gasteiger partial charge on any atom is -0.388 e. The van der Waals surface area contributed by atoms with Crippen molar-refractivity contribution in [3.8, 4) is 0 Å². The molecule has 0 saturated carbocycles. The molecule has 0 aliphatic heterocycles. The third-order valence-corrected chi connectivity index (χ3v) is 4.05. The van der Waals surface area contributed by atoms with E-state index in [0.29, 0.717) is 27.4 Å². The number of carbonyl (C=O) groups excluding carboxylic acids is 1. The molecule has 1 rings (SSSR count). The maximum absolute atomic E-state index is 11.7. The summed E-state index contributed by atoms with van der Waals surface area (Å²) < 4.78 is 0. The van der Waals surface area contributed by atoms with E-state index in [2.05, 4.69) is 5.32 Å². The van der Waals surface area contributed by atoms with Crippen LogP contribution in [-0.2, 0) is 4.79 Å². The van der Waals surface area contributed by atoms with Crippen LogP contribution in [-0.4, -0.2) is 29.1 Å². The van der Waals surface area contributed by atoms with Crippen LogP contribution < -0.4 is 5.32 Å². The molecule has 0 bridgehead atoms. The van der Waals surface area contributed by atoms with Crippen molar-refractivity contribution >= 4 is 40.9 Å². The van der Waals surface area contributed by atoms with Crippen molar-refractivity contribution < 1.29 is 9.90 Å². The highest BCUT2D eigenvalue weighted by molar-refractivity contribution is 7.99. The molecule has 0 radical (unpaired) electrons. The van der Waals surface area contributed by atoms with Gasteiger partial charge in [-0.05, 0) is 30.0 Å². The lowest BCUT2D eigenvalue weighted by atomic mass is 10.1. The molecule has 1 amide bonds. The lowest BCUT2D eigenvalue weighted by molar-refractivity contribution is -0.123. The number of aliphatic hydroxyl groups is 1. The molecule has 0 aliphatic rings. The van der Waals surface area contributed by atoms with Gasteiger partial charge in [-0.25, -0.2) is 0 Å². The fourth-order valence-corrected chi connectivity index (χ4v) is 2.27. The van der Waals surface area contributed by atoms with Crippen LogP contribution in [0.4, 0.5) is 0 Å². The minimum atomic E-state index is -0.902. The Morgan fingerprint density at radius 3 is 2.47 bits per heavy atom. The lowest BCUT2D eigenvalue weighted by Gasteiger charge is -2.14. The predicted molar refractivity (Wildman–Crippen MR) is 82.0 cm³/mol. The Bertz CT molecular complexity index is 422. The minimum absolute atomic E-state index is 0.00221. The van der Waals surface area contributed by atoms with E-state index in [4.69, 9.17) is 23.2 Å². The highest BCUT2D eigenvalue weighted by atomic mass is 35.5. The second kappa shape index (κ2) is 8.00. The highest BCUT2D eigenvalue weighted by Crippen LogP contribution is 2.25. The molecule has 0 spiro atoms. The van der Waals surface area contributed by atoms with E-state index in [9.17, 15) is 9.90 Å². The van der Waals surface area contributed by atoms with Crippen molar-refractivity contribution in [2.24, 2.45) is 0 Å². The second-order valence-electron chi connectivity index (χ2n) is 4.27. The van der Waals surface area contributed by atoms with Gasteiger partial charge >= 0.3 is 0 Å². The SMILES string of the molecule is CSC(C)CNC(=O)CC(O)c1cc(Cl)cc(Cl)c1. The average Bonchev–Trinajstić information content (AvgIpc) is 2.34. The Labute approximate surface area is 127 Å². The van der Waals surface area contributed by atoms with E-state index in [0.717, 1.165) is 0 Å². The first kappa shape index (κ1) is 16.6. The molecular formula is C13H17Cl2NO2S. The Balaban J connectivity index is 2.54. The summed E-state index contributed by atoms with van der Waals surface area (Å²) in [6.07, 6.45) is 1.08. The van der Waals surface area contributed by atoms with Gasteiger partial charge in [0.1, 0.15) is 0 Å². The second-order valence-corrected chi connectivity index (χ2v) is 6.42. The van der Waals surface area contributed by atoms with Gasteiger partial charge in [0.25, 0.3) is 0 Å². The molecule has 0 aromatic heterocycles. The zero-order valence-electron chi connectivity index (χ0n) is 10.8. The van der Waals surface area contributed by atoms with E-state index < -0.39 is 6.10 Å². The monoisotopic (exact) mass is 321 g/mol. The molecule has 0 fully saturated rings. The van der Waals surface area contributed by atoms with E-state index in [1.165, 1.54) is 0 Å². The molecule has 0 heterocycles. The normalized spacial score (nSPS) is 13.9. The standard InChI is InChI=1S/C13H17Cl2NO2S/c1-8(19-2)7-16-13(18)6-12(17)9-3-10(14)5-11(15)4-9/h3-5,8,12,17H,6-7H2,1-2H3,(H,16,18). The molecule has 2 unspecified atom stereocenters. The van der Waals surface area contributed by atoms with Crippen LogP contribution >= 0.6 is 35.0 Å². The maximum atomic E-state index is 11.7. The number of halogens is 2. The molecule has 0 saturated heterocycles. The molecule has 3 nitrogen and oxygen atoms in total. The van der Waals surface area contributed by atoms with E-state index in [1.54, 1.807) is 30.0 Å². The Hall–Kier alpha value is -0.420. The third-order valence-electron chi connectivity index (χ3n) is 2.64. The lowest BCUT2D eigenvalue weighted by Crippen LogP contribution is -2.30. The smallest absolute Gasteiger partial charge is 0.222 e. The summed E-state index contributed by atoms with van der Waals surface area (Å²) in [7, 11) is 0. The largest absolute Gasteiger partial charge is 0.388 e. The Morgan fingerprint density at radius 2 is 1.95 bits per heavy atom. The summed E-state index contributed by atoms with van der Waals surface area (Å²) in [4.78, 5) is 11.7. The fraction of sp³-hybridized carbons (Fsp3) is 0.462. The first-order valence-corrected chi connectivity index (χ1v) is 7.90. The number of benzene rings is 1. The molecule has 2 atom stereocenters. The summed E-state index contributed by atoms with van der Waals surface area (Å²) >= 11 is 13.4. The Morgan fingerprint density at radius 1 is 1.37 bits per heavy atom. The van der Waals surface area contributed by atoms with Gasteiger partial charge in [0.2, 0.25) is 5.91 Å². The van der Waals surface area contributed by atoms with Crippen molar-refractivity contribution in [2.75, 3.05) is 12.8 Å². The van der Waals surface area contributed by atoms with Crippen molar-refractivity contribution in [1.82, 2.24) is 5.32 Å². The first-order chi connectivity index (χ1) is 8.92. The number of hydrogen-bond acceptors (Lipinski definition) is 3. The van der Waals surface area contributed by atoms with Crippen LogP contribution in [0.3, 0.4) is 0 Å². The summed E-state index contributed by atoms with van der Waals surface area (Å²) in [5.41, 5.74) is 0.547. The topological polar surface area (TPSA) is 49.3 Å². The number of carbonyl (C=O) groups is 1. The molecule has 0 aliphatic carbocycles. The Kier molecular flexibility index (Phi) is 7.00. The number of rotatable bonds is 6. The van der Waals surface area contributed by atoms with Gasteiger partial charge in [-0.3, -0.25) is 4.79 Å². The van der Waals surface area contributed by atoms with Crippen LogP contribution in [0.1, 0.15) is 25.0 Å². The van der Waals surface area contributed by atoms with Crippen molar-refractivity contribution in [3.63, 3.8) is 0 Å². The van der Waals surface area contributed by atoms with E-state index >= 15 is 0 Å². The van der Waals surface area contributed by atoms with Crippen LogP contribution in [0.25, 0.3) is 0 Å². The van der Waals surface area contributed by atoms with Gasteiger partial charge in [-0.2, -0.15) is 11.8 Å². The predicted octanol–water partition coefficient (Wildman–Crippen LogP) is 3.28. The van der Waals surface area contributed by atoms with Gasteiger partial charge in [0, 0.05) is 21.8 Å².